The first-order chi connectivity index (χ1) is 12.0. The fourth-order valence-corrected chi connectivity index (χ4v) is 2.86. The molecule has 0 saturated heterocycles. The lowest BCUT2D eigenvalue weighted by Crippen LogP contribution is -2.05. The van der Waals surface area contributed by atoms with Gasteiger partial charge in [-0.25, -0.2) is 0 Å². The van der Waals surface area contributed by atoms with Gasteiger partial charge in [0.05, 0.1) is 20.5 Å². The van der Waals surface area contributed by atoms with E-state index in [1.807, 2.05) is 0 Å². The fraction of sp³-hybridized carbons (Fsp3) is 0. The summed E-state index contributed by atoms with van der Waals surface area (Å²) in [5, 5.41) is 20.9. The van der Waals surface area contributed by atoms with Gasteiger partial charge in [0.25, 0.3) is 11.6 Å². The van der Waals surface area contributed by atoms with Gasteiger partial charge in [-0.05, 0) is 39.7 Å². The van der Waals surface area contributed by atoms with Gasteiger partial charge in [0.1, 0.15) is 6.07 Å². The lowest BCUT2D eigenvalue weighted by molar-refractivity contribution is -0.385. The summed E-state index contributed by atoms with van der Waals surface area (Å²) >= 11 is 3.12. The average Bonchev–Trinajstić information content (AvgIpc) is 2.99. The number of allylic oxidation sites excluding steroid dienone is 1. The summed E-state index contributed by atoms with van der Waals surface area (Å²) in [5.41, 5.74) is 1.50. The van der Waals surface area contributed by atoms with Crippen LogP contribution in [-0.4, -0.2) is 15.4 Å². The Hall–Kier alpha value is -3.24. The van der Waals surface area contributed by atoms with Crippen LogP contribution in [0.2, 0.25) is 0 Å². The van der Waals surface area contributed by atoms with Crippen molar-refractivity contribution in [2.24, 2.45) is 0 Å². The molecule has 0 bridgehead atoms. The molecule has 1 aromatic heterocycles. The summed E-state index contributed by atoms with van der Waals surface area (Å²) < 4.78 is 1.76. The first kappa shape index (κ1) is 16.6. The lowest BCUT2D eigenvalue weighted by atomic mass is 10.2. The molecule has 1 heterocycles. The highest BCUT2D eigenvalue weighted by Gasteiger charge is 2.13. The molecule has 0 atom stereocenters. The number of nitro groups is 1. The Morgan fingerprint density at radius 2 is 2.04 bits per heavy atom. The van der Waals surface area contributed by atoms with E-state index in [1.54, 1.807) is 36.4 Å². The molecule has 0 unspecified atom stereocenters. The zero-order valence-corrected chi connectivity index (χ0v) is 14.3. The molecular weight excluding hydrogens is 386 g/mol. The molecule has 0 aliphatic carbocycles. The topological polar surface area (TPSA) is 88.9 Å². The maximum absolute atomic E-state index is 12.5. The minimum atomic E-state index is -0.498. The number of hydrogen-bond donors (Lipinski definition) is 0. The van der Waals surface area contributed by atoms with E-state index in [0.29, 0.717) is 26.5 Å². The molecule has 0 radical (unpaired) electrons. The van der Waals surface area contributed by atoms with Gasteiger partial charge in [0, 0.05) is 23.7 Å². The van der Waals surface area contributed by atoms with Gasteiger partial charge < -0.3 is 0 Å². The average molecular weight is 396 g/mol. The second-order valence-corrected chi connectivity index (χ2v) is 6.04. The Labute approximate surface area is 150 Å². The maximum atomic E-state index is 12.5. The van der Waals surface area contributed by atoms with Crippen molar-refractivity contribution < 1.29 is 9.72 Å². The monoisotopic (exact) mass is 395 g/mol. The summed E-state index contributed by atoms with van der Waals surface area (Å²) in [6.45, 7) is 0. The van der Waals surface area contributed by atoms with Crippen molar-refractivity contribution in [1.82, 2.24) is 4.57 Å². The fourth-order valence-electron chi connectivity index (χ4n) is 2.47. The standard InChI is InChI=1S/C18H10BrN3O3/c19-15-7-5-12(9-17(15)22(24)25)6-8-18(23)21-11-13(10-20)14-3-1-2-4-16(14)21/h1-9,11H/b8-6+. The first-order valence-electron chi connectivity index (χ1n) is 7.18. The van der Waals surface area contributed by atoms with Crippen LogP contribution >= 0.6 is 15.9 Å². The van der Waals surface area contributed by atoms with E-state index < -0.39 is 4.92 Å². The number of hydrogen-bond acceptors (Lipinski definition) is 4. The third-order valence-corrected chi connectivity index (χ3v) is 4.33. The van der Waals surface area contributed by atoms with Gasteiger partial charge in [-0.1, -0.05) is 24.3 Å². The van der Waals surface area contributed by atoms with E-state index in [9.17, 15) is 20.2 Å². The van der Waals surface area contributed by atoms with Crippen molar-refractivity contribution in [1.29, 1.82) is 5.26 Å². The van der Waals surface area contributed by atoms with Crippen molar-refractivity contribution in [2.45, 2.75) is 0 Å². The maximum Gasteiger partial charge on any atom is 0.284 e. The number of nitro benzene ring substituents is 1. The first-order valence-corrected chi connectivity index (χ1v) is 7.97. The van der Waals surface area contributed by atoms with Crippen molar-refractivity contribution in [3.05, 3.63) is 80.5 Å². The highest BCUT2D eigenvalue weighted by molar-refractivity contribution is 9.10. The molecule has 0 spiro atoms. The number of carbonyl (C=O) groups excluding carboxylic acids is 1. The van der Waals surface area contributed by atoms with Gasteiger partial charge >= 0.3 is 0 Å². The Morgan fingerprint density at radius 3 is 2.76 bits per heavy atom. The number of benzene rings is 2. The molecule has 122 valence electrons. The van der Waals surface area contributed by atoms with Gasteiger partial charge in [-0.3, -0.25) is 19.5 Å². The van der Waals surface area contributed by atoms with Crippen molar-refractivity contribution in [2.75, 3.05) is 0 Å². The van der Waals surface area contributed by atoms with Crippen molar-refractivity contribution >= 4 is 44.5 Å². The zero-order chi connectivity index (χ0) is 18.0. The molecule has 25 heavy (non-hydrogen) atoms. The van der Waals surface area contributed by atoms with E-state index in [0.717, 1.165) is 0 Å². The predicted molar refractivity (Wildman–Crippen MR) is 97.1 cm³/mol. The van der Waals surface area contributed by atoms with Crippen LogP contribution in [-0.2, 0) is 0 Å². The molecule has 0 aliphatic heterocycles. The Morgan fingerprint density at radius 1 is 1.28 bits per heavy atom. The number of nitriles is 1. The summed E-state index contributed by atoms with van der Waals surface area (Å²) in [6, 6.07) is 13.8. The minimum Gasteiger partial charge on any atom is -0.282 e. The molecule has 6 nitrogen and oxygen atoms in total. The quantitative estimate of drug-likeness (QED) is 0.369. The minimum absolute atomic E-state index is 0.0761. The summed E-state index contributed by atoms with van der Waals surface area (Å²) in [4.78, 5) is 22.9. The van der Waals surface area contributed by atoms with Crippen LogP contribution in [0.3, 0.4) is 0 Å². The zero-order valence-electron chi connectivity index (χ0n) is 12.7. The summed E-state index contributed by atoms with van der Waals surface area (Å²) in [6.07, 6.45) is 4.31. The van der Waals surface area contributed by atoms with E-state index in [4.69, 9.17) is 0 Å². The molecule has 7 heteroatoms. The molecule has 0 aliphatic rings. The normalized spacial score (nSPS) is 10.9. The van der Waals surface area contributed by atoms with Gasteiger partial charge in [-0.2, -0.15) is 5.26 Å². The summed E-state index contributed by atoms with van der Waals surface area (Å²) in [7, 11) is 0. The SMILES string of the molecule is N#Cc1cn(C(=O)/C=C/c2ccc(Br)c([N+](=O)[O-])c2)c2ccccc12. The molecular formula is C18H10BrN3O3. The molecule has 0 amide bonds. The third kappa shape index (κ3) is 3.20. The highest BCUT2D eigenvalue weighted by Crippen LogP contribution is 2.26. The molecule has 3 rings (SSSR count). The Bertz CT molecular complexity index is 1080. The van der Waals surface area contributed by atoms with E-state index >= 15 is 0 Å². The molecule has 0 fully saturated rings. The second-order valence-electron chi connectivity index (χ2n) is 5.18. The largest absolute Gasteiger partial charge is 0.284 e. The number of nitrogens with zero attached hydrogens (tertiary/aromatic N) is 3. The number of para-hydroxylation sites is 1. The number of halogens is 1. The number of carbonyl (C=O) groups is 1. The molecule has 0 N–H and O–H groups in total. The van der Waals surface area contributed by atoms with Crippen LogP contribution < -0.4 is 0 Å². The van der Waals surface area contributed by atoms with Crippen LogP contribution in [0.25, 0.3) is 17.0 Å². The lowest BCUT2D eigenvalue weighted by Gasteiger charge is -2.00. The highest BCUT2D eigenvalue weighted by atomic mass is 79.9. The number of fused-ring (bicyclic) bond motifs is 1. The Balaban J connectivity index is 1.96. The van der Waals surface area contributed by atoms with Crippen LogP contribution in [0.5, 0.6) is 0 Å². The second kappa shape index (κ2) is 6.71. The Kier molecular flexibility index (Phi) is 4.46. The van der Waals surface area contributed by atoms with Gasteiger partial charge in [-0.15, -0.1) is 0 Å². The van der Waals surface area contributed by atoms with Gasteiger partial charge in [0.15, 0.2) is 0 Å². The van der Waals surface area contributed by atoms with Crippen molar-refractivity contribution in [3.63, 3.8) is 0 Å². The number of rotatable bonds is 3. The molecule has 2 aromatic carbocycles. The van der Waals surface area contributed by atoms with Crippen molar-refractivity contribution in [3.8, 4) is 6.07 Å². The van der Waals surface area contributed by atoms with Crippen LogP contribution in [0.4, 0.5) is 5.69 Å². The van der Waals surface area contributed by atoms with Gasteiger partial charge in [0.2, 0.25) is 0 Å². The molecule has 3 aromatic rings. The summed E-state index contributed by atoms with van der Waals surface area (Å²) in [5.74, 6) is -0.344. The molecule has 0 saturated carbocycles. The van der Waals surface area contributed by atoms with E-state index in [-0.39, 0.29) is 11.6 Å². The van der Waals surface area contributed by atoms with Crippen LogP contribution in [0.15, 0.2) is 59.2 Å². The van der Waals surface area contributed by atoms with E-state index in [2.05, 4.69) is 22.0 Å². The smallest absolute Gasteiger partial charge is 0.282 e. The van der Waals surface area contributed by atoms with Crippen LogP contribution in [0, 0.1) is 21.4 Å². The van der Waals surface area contributed by atoms with E-state index in [1.165, 1.54) is 29.0 Å². The van der Waals surface area contributed by atoms with Crippen LogP contribution in [0.1, 0.15) is 15.9 Å². The predicted octanol–water partition coefficient (Wildman–Crippen LogP) is 4.54. The third-order valence-electron chi connectivity index (χ3n) is 3.66. The number of aromatic nitrogens is 1.